The summed E-state index contributed by atoms with van der Waals surface area (Å²) in [6.45, 7) is 9.32. The van der Waals surface area contributed by atoms with Crippen molar-refractivity contribution in [2.45, 2.75) is 65.1 Å². The first-order valence-electron chi connectivity index (χ1n) is 13.7. The van der Waals surface area contributed by atoms with E-state index in [1.165, 1.54) is 41.3 Å². The van der Waals surface area contributed by atoms with Gasteiger partial charge in [-0.1, -0.05) is 30.3 Å². The number of hydrogen-bond donors (Lipinski definition) is 3. The molecule has 12 heteroatoms. The number of amides is 4. The van der Waals surface area contributed by atoms with Crippen LogP contribution in [0.15, 0.2) is 42.5 Å². The molecule has 0 aromatic heterocycles. The minimum atomic E-state index is -1.37. The summed E-state index contributed by atoms with van der Waals surface area (Å²) in [7, 11) is 0. The van der Waals surface area contributed by atoms with Crippen molar-refractivity contribution in [3.8, 4) is 0 Å². The van der Waals surface area contributed by atoms with Gasteiger partial charge in [0.2, 0.25) is 11.8 Å². The Bertz CT molecular complexity index is 1370. The Hall–Kier alpha value is -4.48. The zero-order chi connectivity index (χ0) is 31.4. The molecule has 1 fully saturated rings. The van der Waals surface area contributed by atoms with E-state index in [9.17, 15) is 29.1 Å². The number of nitrogens with two attached hydrogens (primary N) is 1. The second-order valence-corrected chi connectivity index (χ2v) is 11.0. The summed E-state index contributed by atoms with van der Waals surface area (Å²) in [5, 5.41) is 11.9. The number of benzene rings is 2. The number of halogens is 1. The van der Waals surface area contributed by atoms with E-state index in [-0.39, 0.29) is 34.7 Å². The predicted octanol–water partition coefficient (Wildman–Crippen LogP) is 3.73. The Balaban J connectivity index is 2.19. The molecule has 1 heterocycles. The van der Waals surface area contributed by atoms with Crippen molar-refractivity contribution >= 4 is 35.5 Å². The van der Waals surface area contributed by atoms with Gasteiger partial charge in [-0.15, -0.1) is 0 Å². The van der Waals surface area contributed by atoms with Crippen molar-refractivity contribution in [1.29, 1.82) is 0 Å². The van der Waals surface area contributed by atoms with Gasteiger partial charge >= 0.3 is 18.0 Å². The van der Waals surface area contributed by atoms with Crippen LogP contribution < -0.4 is 11.1 Å². The number of urea groups is 1. The van der Waals surface area contributed by atoms with E-state index in [1.54, 1.807) is 45.6 Å². The predicted molar refractivity (Wildman–Crippen MR) is 152 cm³/mol. The van der Waals surface area contributed by atoms with Crippen LogP contribution in [0, 0.1) is 11.7 Å². The van der Waals surface area contributed by atoms with Crippen LogP contribution in [-0.2, 0) is 25.5 Å². The van der Waals surface area contributed by atoms with Crippen molar-refractivity contribution in [3.63, 3.8) is 0 Å². The van der Waals surface area contributed by atoms with Gasteiger partial charge in [-0.25, -0.2) is 18.8 Å². The number of anilines is 1. The number of carbonyl (C=O) groups excluding carboxylic acids is 4. The first-order chi connectivity index (χ1) is 19.7. The Labute approximate surface area is 243 Å². The zero-order valence-electron chi connectivity index (χ0n) is 24.3. The molecule has 11 nitrogen and oxygen atoms in total. The number of likely N-dealkylation sites (tertiary alicyclic amines) is 1. The number of esters is 1. The molecular formula is C30H37FN4O7. The first-order valence-corrected chi connectivity index (χ1v) is 13.7. The third-order valence-corrected chi connectivity index (χ3v) is 7.05. The highest BCUT2D eigenvalue weighted by molar-refractivity contribution is 6.01. The van der Waals surface area contributed by atoms with Crippen LogP contribution >= 0.6 is 0 Å². The van der Waals surface area contributed by atoms with E-state index in [1.807, 2.05) is 0 Å². The lowest BCUT2D eigenvalue weighted by Gasteiger charge is -2.33. The third-order valence-electron chi connectivity index (χ3n) is 7.05. The molecule has 1 aliphatic heterocycles. The van der Waals surface area contributed by atoms with Gasteiger partial charge < -0.3 is 30.7 Å². The molecule has 4 N–H and O–H groups in total. The molecule has 226 valence electrons. The molecule has 0 bridgehead atoms. The lowest BCUT2D eigenvalue weighted by molar-refractivity contribution is -0.164. The summed E-state index contributed by atoms with van der Waals surface area (Å²) < 4.78 is 21.0. The highest BCUT2D eigenvalue weighted by atomic mass is 19.1. The van der Waals surface area contributed by atoms with Crippen molar-refractivity contribution < 1.29 is 38.2 Å². The highest BCUT2D eigenvalue weighted by Gasteiger charge is 2.52. The van der Waals surface area contributed by atoms with Gasteiger partial charge in [0.1, 0.15) is 17.5 Å². The molecule has 3 atom stereocenters. The van der Waals surface area contributed by atoms with Crippen molar-refractivity contribution in [3.05, 3.63) is 65.0 Å². The monoisotopic (exact) mass is 584 g/mol. The highest BCUT2D eigenvalue weighted by Crippen LogP contribution is 2.44. The number of aromatic carboxylic acids is 1. The maximum atomic E-state index is 15.3. The van der Waals surface area contributed by atoms with Crippen LogP contribution in [0.5, 0.6) is 0 Å². The second-order valence-electron chi connectivity index (χ2n) is 11.0. The van der Waals surface area contributed by atoms with Gasteiger partial charge in [-0.3, -0.25) is 9.59 Å². The smallest absolute Gasteiger partial charge is 0.337 e. The zero-order valence-corrected chi connectivity index (χ0v) is 24.3. The van der Waals surface area contributed by atoms with Crippen LogP contribution in [0.25, 0.3) is 0 Å². The molecule has 2 aromatic rings. The SMILES string of the molecule is CCN(CC)C(=O)C1CC(C(=O)OC(C)(C)C)N(C(=O)Cc2cccc(C(=O)O)c2NC(N)=O)C1c1ccccc1F. The molecular weight excluding hydrogens is 547 g/mol. The molecule has 0 radical (unpaired) electrons. The quantitative estimate of drug-likeness (QED) is 0.379. The van der Waals surface area contributed by atoms with E-state index in [0.29, 0.717) is 13.1 Å². The maximum absolute atomic E-state index is 15.3. The lowest BCUT2D eigenvalue weighted by Crippen LogP contribution is -2.46. The number of primary amides is 1. The van der Waals surface area contributed by atoms with E-state index < -0.39 is 59.7 Å². The van der Waals surface area contributed by atoms with E-state index in [0.717, 1.165) is 0 Å². The number of rotatable bonds is 9. The molecule has 2 aromatic carbocycles. The third kappa shape index (κ3) is 7.04. The summed E-state index contributed by atoms with van der Waals surface area (Å²) in [5.74, 6) is -4.81. The van der Waals surface area contributed by atoms with Crippen molar-refractivity contribution in [2.75, 3.05) is 18.4 Å². The van der Waals surface area contributed by atoms with Gasteiger partial charge in [-0.2, -0.15) is 0 Å². The Morgan fingerprint density at radius 1 is 1.07 bits per heavy atom. The molecule has 0 saturated carbocycles. The van der Waals surface area contributed by atoms with Crippen molar-refractivity contribution in [1.82, 2.24) is 9.80 Å². The van der Waals surface area contributed by atoms with Crippen molar-refractivity contribution in [2.24, 2.45) is 11.7 Å². The molecule has 3 unspecified atom stereocenters. The van der Waals surface area contributed by atoms with E-state index >= 15 is 4.39 Å². The number of nitrogens with zero attached hydrogens (tertiary/aromatic N) is 2. The van der Waals surface area contributed by atoms with Crippen LogP contribution in [0.2, 0.25) is 0 Å². The van der Waals surface area contributed by atoms with E-state index in [4.69, 9.17) is 10.5 Å². The van der Waals surface area contributed by atoms with Gasteiger partial charge in [0.05, 0.1) is 29.6 Å². The minimum Gasteiger partial charge on any atom is -0.478 e. The normalized spacial score (nSPS) is 18.3. The van der Waals surface area contributed by atoms with Crippen LogP contribution in [0.4, 0.5) is 14.9 Å². The minimum absolute atomic E-state index is 0.0529. The number of carboxylic acids is 1. The summed E-state index contributed by atoms with van der Waals surface area (Å²) in [4.78, 5) is 67.7. The Morgan fingerprint density at radius 2 is 1.71 bits per heavy atom. The number of carboxylic acid groups (broad SMARTS) is 1. The fraction of sp³-hybridized carbons (Fsp3) is 0.433. The number of nitrogens with one attached hydrogen (secondary N) is 1. The Kier molecular flexibility index (Phi) is 9.92. The van der Waals surface area contributed by atoms with Crippen LogP contribution in [0.1, 0.15) is 68.6 Å². The van der Waals surface area contributed by atoms with E-state index in [2.05, 4.69) is 5.32 Å². The largest absolute Gasteiger partial charge is 0.478 e. The van der Waals surface area contributed by atoms with Gasteiger partial charge in [0.25, 0.3) is 0 Å². The number of hydrogen-bond acceptors (Lipinski definition) is 6. The standard InChI is InChI=1S/C30H37FN4O7/c1-6-34(7-2)26(37)20-16-22(28(40)42-30(3,4)5)35(25(20)18-12-8-9-14-21(18)31)23(36)15-17-11-10-13-19(27(38)39)24(17)33-29(32)41/h8-14,20,22,25H,6-7,15-16H2,1-5H3,(H,38,39)(H3,32,33,41). The maximum Gasteiger partial charge on any atom is 0.337 e. The van der Waals surface area contributed by atoms with Crippen LogP contribution in [0.3, 0.4) is 0 Å². The average molecular weight is 585 g/mol. The second kappa shape index (κ2) is 13.0. The topological polar surface area (TPSA) is 159 Å². The lowest BCUT2D eigenvalue weighted by atomic mass is 9.91. The summed E-state index contributed by atoms with van der Waals surface area (Å²) in [5.41, 5.74) is 4.02. The fourth-order valence-corrected chi connectivity index (χ4v) is 5.32. The molecule has 1 saturated heterocycles. The summed E-state index contributed by atoms with van der Waals surface area (Å²) in [6.07, 6.45) is -0.607. The van der Waals surface area contributed by atoms with Gasteiger partial charge in [0, 0.05) is 18.7 Å². The van der Waals surface area contributed by atoms with Gasteiger partial charge in [0.15, 0.2) is 0 Å². The average Bonchev–Trinajstić information content (AvgIpc) is 3.30. The Morgan fingerprint density at radius 3 is 2.26 bits per heavy atom. The summed E-state index contributed by atoms with van der Waals surface area (Å²) in [6, 6.07) is 6.34. The molecule has 0 aliphatic carbocycles. The molecule has 1 aliphatic rings. The number of ether oxygens (including phenoxy) is 1. The summed E-state index contributed by atoms with van der Waals surface area (Å²) >= 11 is 0. The number of para-hydroxylation sites is 1. The first kappa shape index (κ1) is 32.0. The molecule has 4 amide bonds. The number of carbonyl (C=O) groups is 5. The van der Waals surface area contributed by atoms with Crippen LogP contribution in [-0.4, -0.2) is 69.4 Å². The molecule has 0 spiro atoms. The van der Waals surface area contributed by atoms with Gasteiger partial charge in [-0.05, 0) is 58.7 Å². The molecule has 42 heavy (non-hydrogen) atoms. The fourth-order valence-electron chi connectivity index (χ4n) is 5.32. The molecule has 3 rings (SSSR count).